The van der Waals surface area contributed by atoms with Crippen LogP contribution in [0.4, 0.5) is 5.69 Å². The minimum atomic E-state index is -0.197. The summed E-state index contributed by atoms with van der Waals surface area (Å²) in [6.45, 7) is 3.97. The van der Waals surface area contributed by atoms with Crippen LogP contribution in [0.15, 0.2) is 46.3 Å². The summed E-state index contributed by atoms with van der Waals surface area (Å²) in [6, 6.07) is 13.2. The molecule has 0 radical (unpaired) electrons. The van der Waals surface area contributed by atoms with Crippen molar-refractivity contribution in [3.05, 3.63) is 58.0 Å². The molecule has 0 atom stereocenters. The Morgan fingerprint density at radius 1 is 1.18 bits per heavy atom. The van der Waals surface area contributed by atoms with E-state index in [0.29, 0.717) is 21.6 Å². The van der Waals surface area contributed by atoms with Gasteiger partial charge in [-0.15, -0.1) is 0 Å². The highest BCUT2D eigenvalue weighted by atomic mass is 32.2. The maximum absolute atomic E-state index is 12.3. The molecule has 7 heteroatoms. The van der Waals surface area contributed by atoms with Crippen LogP contribution in [-0.4, -0.2) is 24.8 Å². The van der Waals surface area contributed by atoms with Crippen molar-refractivity contribution in [2.75, 3.05) is 13.7 Å². The molecule has 6 nitrogen and oxygen atoms in total. The number of nitriles is 1. The normalized spacial score (nSPS) is 16.1. The third-order valence-electron chi connectivity index (χ3n) is 3.87. The van der Waals surface area contributed by atoms with E-state index in [1.54, 1.807) is 24.3 Å². The number of nitrogens with zero attached hydrogens (tertiary/aromatic N) is 2. The highest BCUT2D eigenvalue weighted by Crippen LogP contribution is 2.32. The number of nitrogens with one attached hydrogen (secondary N) is 1. The van der Waals surface area contributed by atoms with Crippen molar-refractivity contribution in [2.45, 2.75) is 13.8 Å². The van der Waals surface area contributed by atoms with E-state index < -0.39 is 0 Å². The van der Waals surface area contributed by atoms with Gasteiger partial charge in [-0.1, -0.05) is 12.1 Å². The Bertz CT molecular complexity index is 1000. The van der Waals surface area contributed by atoms with Gasteiger partial charge in [0.15, 0.2) is 23.3 Å². The van der Waals surface area contributed by atoms with Gasteiger partial charge in [-0.3, -0.25) is 4.79 Å². The Morgan fingerprint density at radius 3 is 2.61 bits per heavy atom. The maximum Gasteiger partial charge on any atom is 0.264 e. The number of rotatable bonds is 5. The molecule has 0 unspecified atom stereocenters. The first kappa shape index (κ1) is 19.5. The fourth-order valence-corrected chi connectivity index (χ4v) is 3.61. The van der Waals surface area contributed by atoms with Crippen LogP contribution in [0.1, 0.15) is 16.7 Å². The smallest absolute Gasteiger partial charge is 0.264 e. The summed E-state index contributed by atoms with van der Waals surface area (Å²) in [6.07, 6.45) is 1.76. The fourth-order valence-electron chi connectivity index (χ4n) is 2.77. The first-order valence-electron chi connectivity index (χ1n) is 8.54. The number of ether oxygens (including phenoxy) is 2. The van der Waals surface area contributed by atoms with Crippen molar-refractivity contribution >= 4 is 34.6 Å². The van der Waals surface area contributed by atoms with E-state index >= 15 is 0 Å². The molecule has 1 aliphatic heterocycles. The van der Waals surface area contributed by atoms with Gasteiger partial charge >= 0.3 is 0 Å². The SMILES string of the molecule is COc1cc(C=C2SC(=Nc3cc(C)cc(C)c3)NC2=O)ccc1OCC#N. The van der Waals surface area contributed by atoms with Gasteiger partial charge in [0.2, 0.25) is 0 Å². The molecular formula is C21H19N3O3S. The lowest BCUT2D eigenvalue weighted by molar-refractivity contribution is -0.115. The summed E-state index contributed by atoms with van der Waals surface area (Å²) in [5, 5.41) is 12.0. The van der Waals surface area contributed by atoms with Crippen molar-refractivity contribution in [3.63, 3.8) is 0 Å². The lowest BCUT2D eigenvalue weighted by Gasteiger charge is -2.08. The molecule has 0 aliphatic carbocycles. The van der Waals surface area contributed by atoms with Crippen LogP contribution in [0.25, 0.3) is 6.08 Å². The van der Waals surface area contributed by atoms with Gasteiger partial charge in [0.1, 0.15) is 6.07 Å². The molecule has 2 aromatic carbocycles. The Labute approximate surface area is 167 Å². The van der Waals surface area contributed by atoms with Crippen molar-refractivity contribution < 1.29 is 14.3 Å². The number of thioether (sulfide) groups is 1. The summed E-state index contributed by atoms with van der Waals surface area (Å²) in [7, 11) is 1.52. The molecule has 28 heavy (non-hydrogen) atoms. The van der Waals surface area contributed by atoms with Gasteiger partial charge < -0.3 is 14.8 Å². The van der Waals surface area contributed by atoms with Crippen molar-refractivity contribution in [3.8, 4) is 17.6 Å². The van der Waals surface area contributed by atoms with Crippen molar-refractivity contribution in [1.82, 2.24) is 5.32 Å². The largest absolute Gasteiger partial charge is 0.493 e. The number of hydrogen-bond donors (Lipinski definition) is 1. The number of methoxy groups -OCH3 is 1. The zero-order valence-electron chi connectivity index (χ0n) is 15.8. The molecule has 0 saturated carbocycles. The Balaban J connectivity index is 1.82. The fraction of sp³-hybridized carbons (Fsp3) is 0.190. The lowest BCUT2D eigenvalue weighted by atomic mass is 10.1. The van der Waals surface area contributed by atoms with Gasteiger partial charge in [-0.2, -0.15) is 5.26 Å². The molecule has 142 valence electrons. The third-order valence-corrected chi connectivity index (χ3v) is 4.78. The van der Waals surface area contributed by atoms with Gasteiger partial charge in [0.25, 0.3) is 5.91 Å². The van der Waals surface area contributed by atoms with Crippen LogP contribution >= 0.6 is 11.8 Å². The average molecular weight is 393 g/mol. The van der Waals surface area contributed by atoms with E-state index in [4.69, 9.17) is 14.7 Å². The highest BCUT2D eigenvalue weighted by molar-refractivity contribution is 8.18. The Hall–Kier alpha value is -3.24. The van der Waals surface area contributed by atoms with Crippen LogP contribution < -0.4 is 14.8 Å². The van der Waals surface area contributed by atoms with Crippen molar-refractivity contribution in [2.24, 2.45) is 4.99 Å². The molecule has 1 fully saturated rings. The van der Waals surface area contributed by atoms with E-state index in [0.717, 1.165) is 22.4 Å². The molecule has 1 N–H and O–H groups in total. The molecule has 3 rings (SSSR count). The molecule has 0 aromatic heterocycles. The highest BCUT2D eigenvalue weighted by Gasteiger charge is 2.24. The van der Waals surface area contributed by atoms with Gasteiger partial charge in [0.05, 0.1) is 17.7 Å². The number of aliphatic imine (C=N–C) groups is 1. The third kappa shape index (κ3) is 4.72. The molecule has 2 aromatic rings. The average Bonchev–Trinajstić information content (AvgIpc) is 2.98. The molecule has 0 spiro atoms. The lowest BCUT2D eigenvalue weighted by Crippen LogP contribution is -2.19. The summed E-state index contributed by atoms with van der Waals surface area (Å²) in [5.41, 5.74) is 3.83. The Kier molecular flexibility index (Phi) is 6.02. The minimum Gasteiger partial charge on any atom is -0.493 e. The zero-order valence-corrected chi connectivity index (χ0v) is 16.6. The van der Waals surface area contributed by atoms with E-state index in [-0.39, 0.29) is 12.5 Å². The van der Waals surface area contributed by atoms with Crippen LogP contribution in [-0.2, 0) is 4.79 Å². The maximum atomic E-state index is 12.3. The summed E-state index contributed by atoms with van der Waals surface area (Å²) in [5.74, 6) is 0.779. The number of hydrogen-bond acceptors (Lipinski definition) is 6. The van der Waals surface area contributed by atoms with Crippen LogP contribution in [0.3, 0.4) is 0 Å². The predicted molar refractivity (Wildman–Crippen MR) is 111 cm³/mol. The van der Waals surface area contributed by atoms with E-state index in [2.05, 4.69) is 16.4 Å². The summed E-state index contributed by atoms with van der Waals surface area (Å²) in [4.78, 5) is 17.4. The van der Waals surface area contributed by atoms with Crippen molar-refractivity contribution in [1.29, 1.82) is 5.26 Å². The minimum absolute atomic E-state index is 0.0622. The van der Waals surface area contributed by atoms with Crippen LogP contribution in [0.2, 0.25) is 0 Å². The number of aryl methyl sites for hydroxylation is 2. The van der Waals surface area contributed by atoms with Gasteiger partial charge in [-0.25, -0.2) is 4.99 Å². The quantitative estimate of drug-likeness (QED) is 0.773. The first-order valence-corrected chi connectivity index (χ1v) is 9.36. The molecular weight excluding hydrogens is 374 g/mol. The molecule has 0 bridgehead atoms. The first-order chi connectivity index (χ1) is 13.5. The van der Waals surface area contributed by atoms with E-state index in [9.17, 15) is 4.79 Å². The number of carbonyl (C=O) groups excluding carboxylic acids is 1. The number of amides is 1. The number of amidine groups is 1. The van der Waals surface area contributed by atoms with E-state index in [1.165, 1.54) is 18.9 Å². The second-order valence-electron chi connectivity index (χ2n) is 6.18. The van der Waals surface area contributed by atoms with Crippen LogP contribution in [0, 0.1) is 25.2 Å². The van der Waals surface area contributed by atoms with Gasteiger partial charge in [0, 0.05) is 0 Å². The zero-order chi connectivity index (χ0) is 20.1. The standard InChI is InChI=1S/C21H19N3O3S/c1-13-8-14(2)10-16(9-13)23-21-24-20(25)19(28-21)12-15-4-5-17(27-7-6-22)18(11-15)26-3/h4-5,8-12H,7H2,1-3H3,(H,23,24,25). The Morgan fingerprint density at radius 2 is 1.93 bits per heavy atom. The number of benzene rings is 2. The molecule has 1 amide bonds. The topological polar surface area (TPSA) is 83.7 Å². The monoisotopic (exact) mass is 393 g/mol. The second kappa shape index (κ2) is 8.63. The summed E-state index contributed by atoms with van der Waals surface area (Å²) >= 11 is 1.29. The molecule has 1 aliphatic rings. The van der Waals surface area contributed by atoms with E-state index in [1.807, 2.05) is 32.0 Å². The predicted octanol–water partition coefficient (Wildman–Crippen LogP) is 4.11. The summed E-state index contributed by atoms with van der Waals surface area (Å²) < 4.78 is 10.6. The second-order valence-corrected chi connectivity index (χ2v) is 7.22. The molecule has 1 saturated heterocycles. The van der Waals surface area contributed by atoms with Crippen LogP contribution in [0.5, 0.6) is 11.5 Å². The number of carbonyl (C=O) groups is 1. The molecule has 1 heterocycles. The van der Waals surface area contributed by atoms with Gasteiger partial charge in [-0.05, 0) is 72.6 Å².